The Morgan fingerprint density at radius 2 is 1.29 bits per heavy atom. The van der Waals surface area contributed by atoms with Crippen molar-refractivity contribution in [3.8, 4) is 0 Å². The largest absolute Gasteiger partial charge is 0.447 e. The molecule has 0 saturated carbocycles. The molecule has 0 aromatic heterocycles. The summed E-state index contributed by atoms with van der Waals surface area (Å²) in [6, 6.07) is 18.4. The molecule has 2 aromatic carbocycles. The van der Waals surface area contributed by atoms with Crippen molar-refractivity contribution in [3.63, 3.8) is 0 Å². The van der Waals surface area contributed by atoms with Crippen LogP contribution in [-0.2, 0) is 4.74 Å². The number of hydrogen-bond acceptors (Lipinski definition) is 3. The molecule has 31 heavy (non-hydrogen) atoms. The van der Waals surface area contributed by atoms with Gasteiger partial charge < -0.3 is 15.4 Å². The number of carbonyl (C=O) groups excluding carboxylic acids is 1. The fourth-order valence-corrected chi connectivity index (χ4v) is 4.38. The minimum Gasteiger partial charge on any atom is -0.447 e. The Kier molecular flexibility index (Phi) is 7.77. The minimum absolute atomic E-state index is 0.0728. The average molecular weight is 423 g/mol. The molecule has 3 rings (SSSR count). The van der Waals surface area contributed by atoms with Gasteiger partial charge in [-0.15, -0.1) is 0 Å². The first kappa shape index (κ1) is 23.3. The van der Waals surface area contributed by atoms with Gasteiger partial charge in [-0.25, -0.2) is 4.79 Å². The molecule has 1 amide bonds. The molecule has 4 nitrogen and oxygen atoms in total. The Morgan fingerprint density at radius 3 is 1.71 bits per heavy atom. The molecular formula is C27H38N2O2. The second kappa shape index (κ2) is 10.3. The molecule has 4 heteroatoms. The quantitative estimate of drug-likeness (QED) is 0.581. The van der Waals surface area contributed by atoms with Crippen molar-refractivity contribution in [3.05, 3.63) is 70.8 Å². The Labute approximate surface area is 187 Å². The molecular weight excluding hydrogens is 384 g/mol. The second-order valence-electron chi connectivity index (χ2n) is 9.67. The lowest BCUT2D eigenvalue weighted by molar-refractivity contribution is 0.112. The highest BCUT2D eigenvalue weighted by Crippen LogP contribution is 2.34. The van der Waals surface area contributed by atoms with E-state index >= 15 is 0 Å². The number of rotatable bonds is 7. The summed E-state index contributed by atoms with van der Waals surface area (Å²) in [7, 11) is 0. The van der Waals surface area contributed by atoms with Gasteiger partial charge in [0.25, 0.3) is 0 Å². The third-order valence-electron chi connectivity index (χ3n) is 6.16. The van der Waals surface area contributed by atoms with Gasteiger partial charge in [0, 0.05) is 24.5 Å². The summed E-state index contributed by atoms with van der Waals surface area (Å²) in [6.07, 6.45) is 0.425. The van der Waals surface area contributed by atoms with Crippen molar-refractivity contribution in [2.45, 2.75) is 83.9 Å². The number of carbonyl (C=O) groups is 1. The van der Waals surface area contributed by atoms with Crippen LogP contribution in [0.4, 0.5) is 4.79 Å². The summed E-state index contributed by atoms with van der Waals surface area (Å²) < 4.78 is 5.27. The summed E-state index contributed by atoms with van der Waals surface area (Å²) >= 11 is 0. The highest BCUT2D eigenvalue weighted by Gasteiger charge is 2.33. The van der Waals surface area contributed by atoms with Gasteiger partial charge in [-0.2, -0.15) is 0 Å². The van der Waals surface area contributed by atoms with Crippen LogP contribution in [0.1, 0.15) is 88.0 Å². The number of alkyl carbamates (subject to hydrolysis) is 1. The summed E-state index contributed by atoms with van der Waals surface area (Å²) in [6.45, 7) is 13.4. The van der Waals surface area contributed by atoms with Crippen LogP contribution in [0.5, 0.6) is 0 Å². The molecule has 1 saturated heterocycles. The maximum absolute atomic E-state index is 12.1. The van der Waals surface area contributed by atoms with Gasteiger partial charge >= 0.3 is 6.09 Å². The van der Waals surface area contributed by atoms with Crippen LogP contribution in [0.25, 0.3) is 0 Å². The zero-order chi connectivity index (χ0) is 22.5. The number of benzene rings is 2. The smallest absolute Gasteiger partial charge is 0.407 e. The van der Waals surface area contributed by atoms with Gasteiger partial charge in [0.1, 0.15) is 0 Å². The average Bonchev–Trinajstić information content (AvgIpc) is 3.16. The first-order chi connectivity index (χ1) is 14.7. The highest BCUT2D eigenvalue weighted by molar-refractivity contribution is 5.67. The minimum atomic E-state index is -0.332. The Hall–Kier alpha value is -2.33. The molecule has 0 unspecified atom stereocenters. The third kappa shape index (κ3) is 6.10. The van der Waals surface area contributed by atoms with Gasteiger partial charge in [0.15, 0.2) is 0 Å². The molecule has 1 aliphatic heterocycles. The van der Waals surface area contributed by atoms with Crippen molar-refractivity contribution in [2.75, 3.05) is 6.54 Å². The normalized spacial score (nSPS) is 18.9. The van der Waals surface area contributed by atoms with Crippen LogP contribution in [0.15, 0.2) is 48.5 Å². The first-order valence-electron chi connectivity index (χ1n) is 11.6. The third-order valence-corrected chi connectivity index (χ3v) is 6.16. The summed E-state index contributed by atoms with van der Waals surface area (Å²) in [4.78, 5) is 12.1. The zero-order valence-electron chi connectivity index (χ0n) is 19.8. The lowest BCUT2D eigenvalue weighted by atomic mass is 9.82. The Balaban J connectivity index is 1.83. The van der Waals surface area contributed by atoms with E-state index < -0.39 is 0 Å². The van der Waals surface area contributed by atoms with E-state index in [-0.39, 0.29) is 30.2 Å². The number of ether oxygens (including phenoxy) is 1. The lowest BCUT2D eigenvalue weighted by Gasteiger charge is -2.26. The van der Waals surface area contributed by atoms with E-state index in [4.69, 9.17) is 4.74 Å². The lowest BCUT2D eigenvalue weighted by Crippen LogP contribution is -2.37. The van der Waals surface area contributed by atoms with Crippen LogP contribution in [0.2, 0.25) is 0 Å². The van der Waals surface area contributed by atoms with Crippen LogP contribution in [0.3, 0.4) is 0 Å². The number of nitrogens with one attached hydrogen (secondary N) is 2. The molecule has 0 spiro atoms. The Bertz CT molecular complexity index is 789. The van der Waals surface area contributed by atoms with Crippen molar-refractivity contribution in [2.24, 2.45) is 0 Å². The molecule has 0 bridgehead atoms. The second-order valence-corrected chi connectivity index (χ2v) is 9.67. The SMILES string of the molecule is CC(C)OC(=O)N[C@H]1CN[C@@H](C(c2ccc(C(C)C)cc2)c2ccc(C(C)C)cc2)C1. The van der Waals surface area contributed by atoms with E-state index in [1.54, 1.807) is 0 Å². The van der Waals surface area contributed by atoms with Crippen molar-refractivity contribution in [1.29, 1.82) is 0 Å². The molecule has 0 radical (unpaired) electrons. The maximum Gasteiger partial charge on any atom is 0.407 e. The summed E-state index contributed by atoms with van der Waals surface area (Å²) in [5, 5.41) is 6.69. The van der Waals surface area contributed by atoms with Crippen LogP contribution in [0, 0.1) is 0 Å². The van der Waals surface area contributed by atoms with E-state index in [0.717, 1.165) is 13.0 Å². The molecule has 1 heterocycles. The predicted octanol–water partition coefficient (Wildman–Crippen LogP) is 5.93. The fraction of sp³-hybridized carbons (Fsp3) is 0.519. The van der Waals surface area contributed by atoms with Crippen LogP contribution >= 0.6 is 0 Å². The Morgan fingerprint density at radius 1 is 0.839 bits per heavy atom. The van der Waals surface area contributed by atoms with Crippen molar-refractivity contribution in [1.82, 2.24) is 10.6 Å². The van der Waals surface area contributed by atoms with E-state index in [1.165, 1.54) is 22.3 Å². The monoisotopic (exact) mass is 422 g/mol. The number of amides is 1. The molecule has 2 aromatic rings. The molecule has 0 aliphatic carbocycles. The fourth-order valence-electron chi connectivity index (χ4n) is 4.38. The first-order valence-corrected chi connectivity index (χ1v) is 11.6. The van der Waals surface area contributed by atoms with Gasteiger partial charge in [-0.05, 0) is 54.4 Å². The molecule has 2 N–H and O–H groups in total. The van der Waals surface area contributed by atoms with Crippen LogP contribution < -0.4 is 10.6 Å². The van der Waals surface area contributed by atoms with Crippen LogP contribution in [-0.4, -0.2) is 30.8 Å². The molecule has 2 atom stereocenters. The van der Waals surface area contributed by atoms with Gasteiger partial charge in [0.2, 0.25) is 0 Å². The molecule has 1 aliphatic rings. The van der Waals surface area contributed by atoms with E-state index in [2.05, 4.69) is 86.9 Å². The van der Waals surface area contributed by atoms with E-state index in [0.29, 0.717) is 11.8 Å². The van der Waals surface area contributed by atoms with Gasteiger partial charge in [0.05, 0.1) is 6.10 Å². The molecule has 168 valence electrons. The summed E-state index contributed by atoms with van der Waals surface area (Å²) in [5.41, 5.74) is 5.33. The predicted molar refractivity (Wildman–Crippen MR) is 128 cm³/mol. The standard InChI is InChI=1S/C27H38N2O2/c1-17(2)20-7-11-22(12-8-20)26(23-13-9-21(10-14-23)18(3)4)25-15-24(16-28-25)29-27(30)31-19(5)6/h7-14,17-19,24-26,28H,15-16H2,1-6H3,(H,29,30)/t24-,25-/m1/s1. The zero-order valence-corrected chi connectivity index (χ0v) is 19.8. The van der Waals surface area contributed by atoms with Gasteiger partial charge in [-0.3, -0.25) is 0 Å². The molecule has 1 fully saturated rings. The maximum atomic E-state index is 12.1. The highest BCUT2D eigenvalue weighted by atomic mass is 16.6. The summed E-state index contributed by atoms with van der Waals surface area (Å²) in [5.74, 6) is 1.27. The van der Waals surface area contributed by atoms with Crippen molar-refractivity contribution < 1.29 is 9.53 Å². The van der Waals surface area contributed by atoms with E-state index in [9.17, 15) is 4.79 Å². The topological polar surface area (TPSA) is 50.4 Å². The number of hydrogen-bond donors (Lipinski definition) is 2. The van der Waals surface area contributed by atoms with Crippen molar-refractivity contribution >= 4 is 6.09 Å². The van der Waals surface area contributed by atoms with Gasteiger partial charge in [-0.1, -0.05) is 76.2 Å². The van der Waals surface area contributed by atoms with E-state index in [1.807, 2.05) is 13.8 Å².